The van der Waals surface area contributed by atoms with Crippen LogP contribution in [0.5, 0.6) is 0 Å². The van der Waals surface area contributed by atoms with Gasteiger partial charge in [-0.1, -0.05) is 17.3 Å². The maximum Gasteiger partial charge on any atom is 0.273 e. The molecule has 1 aromatic carbocycles. The third kappa shape index (κ3) is 4.14. The van der Waals surface area contributed by atoms with E-state index in [1.807, 2.05) is 43.3 Å². The van der Waals surface area contributed by atoms with Crippen molar-refractivity contribution in [1.29, 1.82) is 0 Å². The Hall–Kier alpha value is -2.34. The number of carbonyl (C=O) groups excluding carboxylic acids is 1. The fourth-order valence-electron chi connectivity index (χ4n) is 2.84. The first-order valence-electron chi connectivity index (χ1n) is 8.34. The van der Waals surface area contributed by atoms with E-state index in [1.165, 1.54) is 12.8 Å². The number of aromatic nitrogens is 1. The second kappa shape index (κ2) is 7.49. The van der Waals surface area contributed by atoms with Crippen molar-refractivity contribution in [1.82, 2.24) is 15.4 Å². The summed E-state index contributed by atoms with van der Waals surface area (Å²) in [6, 6.07) is 9.83. The second-order valence-corrected chi connectivity index (χ2v) is 6.41. The zero-order valence-corrected chi connectivity index (χ0v) is 14.3. The zero-order valence-electron chi connectivity index (χ0n) is 14.3. The fraction of sp³-hybridized carbons (Fsp3) is 0.444. The number of hydrogen-bond acceptors (Lipinski definition) is 5. The predicted molar refractivity (Wildman–Crippen MR) is 93.0 cm³/mol. The van der Waals surface area contributed by atoms with Crippen molar-refractivity contribution in [3.63, 3.8) is 0 Å². The van der Waals surface area contributed by atoms with Gasteiger partial charge in [-0.2, -0.15) is 0 Å². The molecule has 1 saturated heterocycles. The van der Waals surface area contributed by atoms with Crippen LogP contribution in [0.2, 0.25) is 0 Å². The smallest absolute Gasteiger partial charge is 0.273 e. The van der Waals surface area contributed by atoms with Crippen LogP contribution in [0.25, 0.3) is 0 Å². The van der Waals surface area contributed by atoms with Crippen LogP contribution in [-0.4, -0.2) is 43.1 Å². The molecule has 0 bridgehead atoms. The third-order valence-electron chi connectivity index (χ3n) is 4.28. The number of rotatable bonds is 6. The van der Waals surface area contributed by atoms with Crippen LogP contribution >= 0.6 is 0 Å². The zero-order chi connectivity index (χ0) is 16.9. The summed E-state index contributed by atoms with van der Waals surface area (Å²) in [7, 11) is 4.00. The lowest BCUT2D eigenvalue weighted by Gasteiger charge is -2.12. The maximum atomic E-state index is 12.2. The van der Waals surface area contributed by atoms with E-state index in [4.69, 9.17) is 4.52 Å². The predicted octanol–water partition coefficient (Wildman–Crippen LogP) is 2.27. The molecule has 0 radical (unpaired) electrons. The van der Waals surface area contributed by atoms with Crippen LogP contribution in [0.4, 0.5) is 5.69 Å². The van der Waals surface area contributed by atoms with Gasteiger partial charge in [0.2, 0.25) is 0 Å². The Morgan fingerprint density at radius 1 is 1.25 bits per heavy atom. The van der Waals surface area contributed by atoms with Crippen LogP contribution < -0.4 is 10.2 Å². The Labute approximate surface area is 142 Å². The summed E-state index contributed by atoms with van der Waals surface area (Å²) in [6.45, 7) is 3.38. The number of hydrogen-bond donors (Lipinski definition) is 1. The van der Waals surface area contributed by atoms with Crippen molar-refractivity contribution >= 4 is 11.6 Å². The minimum absolute atomic E-state index is 0.205. The van der Waals surface area contributed by atoms with Gasteiger partial charge in [-0.3, -0.25) is 9.69 Å². The summed E-state index contributed by atoms with van der Waals surface area (Å²) in [4.78, 5) is 16.5. The molecule has 0 spiro atoms. The molecule has 1 fully saturated rings. The molecule has 1 amide bonds. The molecule has 6 heteroatoms. The third-order valence-corrected chi connectivity index (χ3v) is 4.28. The van der Waals surface area contributed by atoms with E-state index in [2.05, 4.69) is 15.4 Å². The summed E-state index contributed by atoms with van der Waals surface area (Å²) >= 11 is 0. The molecule has 0 unspecified atom stereocenters. The van der Waals surface area contributed by atoms with Gasteiger partial charge in [0.05, 0.1) is 6.54 Å². The number of anilines is 1. The van der Waals surface area contributed by atoms with Gasteiger partial charge in [0.15, 0.2) is 11.5 Å². The topological polar surface area (TPSA) is 61.6 Å². The van der Waals surface area contributed by atoms with Crippen molar-refractivity contribution in [2.24, 2.45) is 0 Å². The van der Waals surface area contributed by atoms with Crippen LogP contribution in [0.1, 0.15) is 34.7 Å². The molecule has 1 aromatic heterocycles. The first-order chi connectivity index (χ1) is 11.6. The Kier molecular flexibility index (Phi) is 5.15. The molecule has 0 aliphatic carbocycles. The van der Waals surface area contributed by atoms with Crippen molar-refractivity contribution in [3.05, 3.63) is 47.3 Å². The van der Waals surface area contributed by atoms with Crippen LogP contribution in [-0.2, 0) is 13.1 Å². The van der Waals surface area contributed by atoms with E-state index in [1.54, 1.807) is 6.07 Å². The van der Waals surface area contributed by atoms with Crippen LogP contribution in [0, 0.1) is 0 Å². The van der Waals surface area contributed by atoms with E-state index in [0.29, 0.717) is 12.2 Å². The lowest BCUT2D eigenvalue weighted by Crippen LogP contribution is -2.23. The molecule has 2 heterocycles. The van der Waals surface area contributed by atoms with Crippen molar-refractivity contribution in [2.45, 2.75) is 25.9 Å². The molecule has 6 nitrogen and oxygen atoms in total. The molecule has 1 aliphatic rings. The molecular formula is C18H24N4O2. The van der Waals surface area contributed by atoms with Gasteiger partial charge in [0.1, 0.15) is 0 Å². The summed E-state index contributed by atoms with van der Waals surface area (Å²) in [5, 5.41) is 6.77. The number of amides is 1. The molecule has 3 rings (SSSR count). The Balaban J connectivity index is 1.52. The van der Waals surface area contributed by atoms with E-state index in [-0.39, 0.29) is 5.91 Å². The minimum atomic E-state index is -0.205. The average Bonchev–Trinajstić information content (AvgIpc) is 3.25. The maximum absolute atomic E-state index is 12.2. The summed E-state index contributed by atoms with van der Waals surface area (Å²) in [5.74, 6) is 0.542. The largest absolute Gasteiger partial charge is 0.378 e. The highest BCUT2D eigenvalue weighted by atomic mass is 16.5. The summed E-state index contributed by atoms with van der Waals surface area (Å²) in [6.07, 6.45) is 2.46. The van der Waals surface area contributed by atoms with Gasteiger partial charge >= 0.3 is 0 Å². The van der Waals surface area contributed by atoms with Gasteiger partial charge in [-0.05, 0) is 43.6 Å². The first-order valence-corrected chi connectivity index (χ1v) is 8.34. The molecule has 0 atom stereocenters. The van der Waals surface area contributed by atoms with E-state index in [9.17, 15) is 4.79 Å². The number of nitrogens with one attached hydrogen (secondary N) is 1. The van der Waals surface area contributed by atoms with E-state index in [0.717, 1.165) is 36.6 Å². The van der Waals surface area contributed by atoms with Crippen LogP contribution in [0.3, 0.4) is 0 Å². The Morgan fingerprint density at radius 3 is 2.62 bits per heavy atom. The number of likely N-dealkylation sites (tertiary alicyclic amines) is 1. The molecular weight excluding hydrogens is 304 g/mol. The van der Waals surface area contributed by atoms with Gasteiger partial charge in [-0.15, -0.1) is 0 Å². The second-order valence-electron chi connectivity index (χ2n) is 6.41. The Morgan fingerprint density at radius 2 is 1.96 bits per heavy atom. The number of carbonyl (C=O) groups is 1. The van der Waals surface area contributed by atoms with E-state index >= 15 is 0 Å². The normalized spacial score (nSPS) is 14.8. The lowest BCUT2D eigenvalue weighted by atomic mass is 10.2. The van der Waals surface area contributed by atoms with Crippen LogP contribution in [0.15, 0.2) is 34.9 Å². The van der Waals surface area contributed by atoms with Gasteiger partial charge in [0, 0.05) is 32.4 Å². The van der Waals surface area contributed by atoms with Gasteiger partial charge < -0.3 is 14.7 Å². The average molecular weight is 328 g/mol. The molecule has 128 valence electrons. The van der Waals surface area contributed by atoms with E-state index < -0.39 is 0 Å². The monoisotopic (exact) mass is 328 g/mol. The number of nitrogens with zero attached hydrogens (tertiary/aromatic N) is 3. The fourth-order valence-corrected chi connectivity index (χ4v) is 2.84. The molecule has 2 aromatic rings. The first kappa shape index (κ1) is 16.5. The highest BCUT2D eigenvalue weighted by Gasteiger charge is 2.17. The SMILES string of the molecule is CN(C)c1ccc(CNC(=O)c2cc(CN3CCCC3)on2)cc1. The molecule has 24 heavy (non-hydrogen) atoms. The number of benzene rings is 1. The Bertz CT molecular complexity index is 673. The van der Waals surface area contributed by atoms with Gasteiger partial charge in [0.25, 0.3) is 5.91 Å². The quantitative estimate of drug-likeness (QED) is 0.881. The molecule has 0 saturated carbocycles. The van der Waals surface area contributed by atoms with Crippen molar-refractivity contribution < 1.29 is 9.32 Å². The molecule has 1 N–H and O–H groups in total. The summed E-state index contributed by atoms with van der Waals surface area (Å²) in [5.41, 5.74) is 2.52. The highest BCUT2D eigenvalue weighted by molar-refractivity contribution is 5.92. The standard InChI is InChI=1S/C18H24N4O2/c1-21(2)15-7-5-14(6-8-15)12-19-18(23)17-11-16(24-20-17)13-22-9-3-4-10-22/h5-8,11H,3-4,9-10,12-13H2,1-2H3,(H,19,23). The minimum Gasteiger partial charge on any atom is -0.378 e. The highest BCUT2D eigenvalue weighted by Crippen LogP contribution is 2.14. The van der Waals surface area contributed by atoms with Crippen molar-refractivity contribution in [3.8, 4) is 0 Å². The summed E-state index contributed by atoms with van der Waals surface area (Å²) < 4.78 is 5.28. The molecule has 1 aliphatic heterocycles. The van der Waals surface area contributed by atoms with Gasteiger partial charge in [-0.25, -0.2) is 0 Å². The van der Waals surface area contributed by atoms with Crippen molar-refractivity contribution in [2.75, 3.05) is 32.1 Å². The lowest BCUT2D eigenvalue weighted by molar-refractivity contribution is 0.0941.